The minimum atomic E-state index is 0.151. The molecule has 1 saturated carbocycles. The zero-order valence-corrected chi connectivity index (χ0v) is 14.2. The molecule has 5 heteroatoms. The molecule has 2 aliphatic carbocycles. The molecule has 0 unspecified atom stereocenters. The highest BCUT2D eigenvalue weighted by molar-refractivity contribution is 5.93. The van der Waals surface area contributed by atoms with Gasteiger partial charge in [-0.3, -0.25) is 9.79 Å². The smallest absolute Gasteiger partial charge is 0.227 e. The van der Waals surface area contributed by atoms with E-state index in [1.54, 1.807) is 7.05 Å². The largest absolute Gasteiger partial charge is 0.353 e. The highest BCUT2D eigenvalue weighted by Gasteiger charge is 2.25. The SMILES string of the molecule is CN=C(NCc1cccc(NC(=O)C2CCC2)c1)NC1CC=CC1. The maximum Gasteiger partial charge on any atom is 0.227 e. The Labute approximate surface area is 143 Å². The van der Waals surface area contributed by atoms with Crippen molar-refractivity contribution in [2.24, 2.45) is 10.9 Å². The Kier molecular flexibility index (Phi) is 5.51. The van der Waals surface area contributed by atoms with Crippen molar-refractivity contribution < 1.29 is 4.79 Å². The van der Waals surface area contributed by atoms with Crippen LogP contribution in [0, 0.1) is 5.92 Å². The molecule has 3 rings (SSSR count). The third-order valence-corrected chi connectivity index (χ3v) is 4.70. The minimum Gasteiger partial charge on any atom is -0.353 e. The number of aliphatic imine (C=N–C) groups is 1. The maximum atomic E-state index is 12.0. The van der Waals surface area contributed by atoms with Gasteiger partial charge in [-0.1, -0.05) is 30.7 Å². The summed E-state index contributed by atoms with van der Waals surface area (Å²) in [4.78, 5) is 16.3. The Morgan fingerprint density at radius 2 is 2.04 bits per heavy atom. The molecule has 0 heterocycles. The number of nitrogens with zero attached hydrogens (tertiary/aromatic N) is 1. The summed E-state index contributed by atoms with van der Waals surface area (Å²) < 4.78 is 0. The van der Waals surface area contributed by atoms with Gasteiger partial charge in [0.25, 0.3) is 0 Å². The van der Waals surface area contributed by atoms with Gasteiger partial charge in [-0.05, 0) is 43.4 Å². The molecular formula is C19H26N4O. The van der Waals surface area contributed by atoms with Crippen molar-refractivity contribution in [3.8, 4) is 0 Å². The summed E-state index contributed by atoms with van der Waals surface area (Å²) in [6.07, 6.45) is 9.69. The number of nitrogens with one attached hydrogen (secondary N) is 3. The molecule has 24 heavy (non-hydrogen) atoms. The third kappa shape index (κ3) is 4.37. The molecular weight excluding hydrogens is 300 g/mol. The Balaban J connectivity index is 1.50. The van der Waals surface area contributed by atoms with E-state index < -0.39 is 0 Å². The average molecular weight is 326 g/mol. The quantitative estimate of drug-likeness (QED) is 0.443. The zero-order chi connectivity index (χ0) is 16.8. The molecule has 1 fully saturated rings. The molecule has 0 saturated heterocycles. The summed E-state index contributed by atoms with van der Waals surface area (Å²) in [6, 6.07) is 8.43. The molecule has 0 radical (unpaired) electrons. The summed E-state index contributed by atoms with van der Waals surface area (Å²) in [7, 11) is 1.78. The first kappa shape index (κ1) is 16.6. The van der Waals surface area contributed by atoms with Crippen LogP contribution in [0.5, 0.6) is 0 Å². The number of carbonyl (C=O) groups excluding carboxylic acids is 1. The second-order valence-electron chi connectivity index (χ2n) is 6.53. The van der Waals surface area contributed by atoms with Gasteiger partial charge < -0.3 is 16.0 Å². The van der Waals surface area contributed by atoms with Crippen molar-refractivity contribution in [3.05, 3.63) is 42.0 Å². The fourth-order valence-electron chi connectivity index (χ4n) is 2.98. The molecule has 0 spiro atoms. The predicted molar refractivity (Wildman–Crippen MR) is 97.9 cm³/mol. The first-order valence-electron chi connectivity index (χ1n) is 8.76. The van der Waals surface area contributed by atoms with Gasteiger partial charge in [-0.15, -0.1) is 0 Å². The number of guanidine groups is 1. The van der Waals surface area contributed by atoms with E-state index in [1.165, 1.54) is 6.42 Å². The summed E-state index contributed by atoms with van der Waals surface area (Å²) in [5.41, 5.74) is 1.99. The fraction of sp³-hybridized carbons (Fsp3) is 0.474. The number of rotatable bonds is 5. The van der Waals surface area contributed by atoms with Crippen LogP contribution in [0.3, 0.4) is 0 Å². The van der Waals surface area contributed by atoms with Crippen LogP contribution in [0.2, 0.25) is 0 Å². The van der Waals surface area contributed by atoms with Gasteiger partial charge >= 0.3 is 0 Å². The number of hydrogen-bond acceptors (Lipinski definition) is 2. The molecule has 128 valence electrons. The lowest BCUT2D eigenvalue weighted by molar-refractivity contribution is -0.122. The van der Waals surface area contributed by atoms with E-state index in [1.807, 2.05) is 18.2 Å². The number of carbonyl (C=O) groups is 1. The second-order valence-corrected chi connectivity index (χ2v) is 6.53. The monoisotopic (exact) mass is 326 g/mol. The molecule has 0 aliphatic heterocycles. The standard InChI is InChI=1S/C19H26N4O/c1-20-19(23-16-9-2-3-10-16)21-13-14-6-4-11-17(12-14)22-18(24)15-7-5-8-15/h2-4,6,11-12,15-16H,5,7-10,13H2,1H3,(H,22,24)(H2,20,21,23). The summed E-state index contributed by atoms with van der Waals surface area (Å²) in [6.45, 7) is 0.674. The van der Waals surface area contributed by atoms with E-state index in [9.17, 15) is 4.79 Å². The molecule has 2 aliphatic rings. The summed E-state index contributed by atoms with van der Waals surface area (Å²) in [5, 5.41) is 9.78. The van der Waals surface area contributed by atoms with Crippen LogP contribution in [-0.4, -0.2) is 25.0 Å². The van der Waals surface area contributed by atoms with E-state index in [0.29, 0.717) is 12.6 Å². The number of hydrogen-bond donors (Lipinski definition) is 3. The van der Waals surface area contributed by atoms with E-state index in [0.717, 1.165) is 42.9 Å². The van der Waals surface area contributed by atoms with Crippen LogP contribution < -0.4 is 16.0 Å². The van der Waals surface area contributed by atoms with Crippen molar-refractivity contribution in [3.63, 3.8) is 0 Å². The minimum absolute atomic E-state index is 0.151. The van der Waals surface area contributed by atoms with Gasteiger partial charge in [0.2, 0.25) is 5.91 Å². The van der Waals surface area contributed by atoms with Crippen LogP contribution in [-0.2, 0) is 11.3 Å². The molecule has 5 nitrogen and oxygen atoms in total. The molecule has 1 aromatic carbocycles. The lowest BCUT2D eigenvalue weighted by Crippen LogP contribution is -2.42. The van der Waals surface area contributed by atoms with Gasteiger partial charge in [0.15, 0.2) is 5.96 Å². The van der Waals surface area contributed by atoms with Gasteiger partial charge in [-0.2, -0.15) is 0 Å². The Hall–Kier alpha value is -2.30. The van der Waals surface area contributed by atoms with Crippen LogP contribution in [0.1, 0.15) is 37.7 Å². The molecule has 1 amide bonds. The molecule has 0 atom stereocenters. The molecule has 0 aromatic heterocycles. The van der Waals surface area contributed by atoms with E-state index in [-0.39, 0.29) is 11.8 Å². The molecule has 3 N–H and O–H groups in total. The lowest BCUT2D eigenvalue weighted by Gasteiger charge is -2.24. The van der Waals surface area contributed by atoms with Crippen LogP contribution in [0.4, 0.5) is 5.69 Å². The molecule has 0 bridgehead atoms. The van der Waals surface area contributed by atoms with Crippen molar-refractivity contribution in [1.29, 1.82) is 0 Å². The molecule has 1 aromatic rings. The number of benzene rings is 1. The van der Waals surface area contributed by atoms with E-state index in [2.05, 4.69) is 39.2 Å². The topological polar surface area (TPSA) is 65.5 Å². The van der Waals surface area contributed by atoms with Gasteiger partial charge in [0.05, 0.1) is 0 Å². The normalized spacial score (nSPS) is 18.3. The van der Waals surface area contributed by atoms with E-state index >= 15 is 0 Å². The Morgan fingerprint density at radius 3 is 2.71 bits per heavy atom. The van der Waals surface area contributed by atoms with Crippen molar-refractivity contribution in [2.45, 2.75) is 44.7 Å². The first-order chi connectivity index (χ1) is 11.7. The van der Waals surface area contributed by atoms with Crippen LogP contribution >= 0.6 is 0 Å². The van der Waals surface area contributed by atoms with Gasteiger partial charge in [-0.25, -0.2) is 0 Å². The van der Waals surface area contributed by atoms with Gasteiger partial charge in [0, 0.05) is 31.2 Å². The van der Waals surface area contributed by atoms with Crippen LogP contribution in [0.25, 0.3) is 0 Å². The third-order valence-electron chi connectivity index (χ3n) is 4.70. The summed E-state index contributed by atoms with van der Waals surface area (Å²) >= 11 is 0. The predicted octanol–water partition coefficient (Wildman–Crippen LogP) is 2.81. The van der Waals surface area contributed by atoms with Gasteiger partial charge in [0.1, 0.15) is 0 Å². The number of anilines is 1. The average Bonchev–Trinajstić information content (AvgIpc) is 3.03. The van der Waals surface area contributed by atoms with Crippen molar-refractivity contribution in [1.82, 2.24) is 10.6 Å². The fourth-order valence-corrected chi connectivity index (χ4v) is 2.98. The highest BCUT2D eigenvalue weighted by atomic mass is 16.1. The Bertz CT molecular complexity index is 626. The van der Waals surface area contributed by atoms with Crippen molar-refractivity contribution in [2.75, 3.05) is 12.4 Å². The first-order valence-corrected chi connectivity index (χ1v) is 8.76. The van der Waals surface area contributed by atoms with Crippen molar-refractivity contribution >= 4 is 17.6 Å². The number of amides is 1. The highest BCUT2D eigenvalue weighted by Crippen LogP contribution is 2.27. The summed E-state index contributed by atoms with van der Waals surface area (Å²) in [5.74, 6) is 1.17. The second kappa shape index (κ2) is 7.99. The van der Waals surface area contributed by atoms with E-state index in [4.69, 9.17) is 0 Å². The zero-order valence-electron chi connectivity index (χ0n) is 14.2. The lowest BCUT2D eigenvalue weighted by atomic mass is 9.85. The Morgan fingerprint density at radius 1 is 1.25 bits per heavy atom. The van der Waals surface area contributed by atoms with Crippen LogP contribution in [0.15, 0.2) is 41.4 Å². The maximum absolute atomic E-state index is 12.0.